The average Bonchev–Trinajstić information content (AvgIpc) is 3.11. The average molecular weight is 370 g/mol. The van der Waals surface area contributed by atoms with Gasteiger partial charge in [-0.05, 0) is 30.7 Å². The number of thiazole rings is 1. The molecule has 3 aromatic heterocycles. The molecule has 0 bridgehead atoms. The Hall–Kier alpha value is -3.04. The number of anilines is 3. The van der Waals surface area contributed by atoms with E-state index in [4.69, 9.17) is 5.11 Å². The van der Waals surface area contributed by atoms with Gasteiger partial charge in [-0.3, -0.25) is 15.6 Å². The fraction of sp³-hybridized carbons (Fsp3) is 0.176. The molecule has 3 rings (SSSR count). The first-order valence-electron chi connectivity index (χ1n) is 8.00. The number of aliphatic hydroxyl groups excluding tert-OH is 1. The first kappa shape index (κ1) is 17.8. The van der Waals surface area contributed by atoms with Crippen LogP contribution in [0.2, 0.25) is 0 Å². The lowest BCUT2D eigenvalue weighted by Crippen LogP contribution is -2.20. The predicted octanol–water partition coefficient (Wildman–Crippen LogP) is 3.04. The number of nitrogens with zero attached hydrogens (tertiary/aromatic N) is 3. The SMILES string of the molecule is O=C(Nc1cccc(NCCCO)n1)Nc1csc(-c2ccncc2)n1. The van der Waals surface area contributed by atoms with Crippen LogP contribution in [0.25, 0.3) is 10.6 Å². The summed E-state index contributed by atoms with van der Waals surface area (Å²) in [4.78, 5) is 24.8. The highest BCUT2D eigenvalue weighted by molar-refractivity contribution is 7.13. The van der Waals surface area contributed by atoms with E-state index in [0.29, 0.717) is 30.4 Å². The summed E-state index contributed by atoms with van der Waals surface area (Å²) >= 11 is 1.44. The summed E-state index contributed by atoms with van der Waals surface area (Å²) in [7, 11) is 0. The van der Waals surface area contributed by atoms with Crippen LogP contribution in [0, 0.1) is 0 Å². The molecular weight excluding hydrogens is 352 g/mol. The van der Waals surface area contributed by atoms with E-state index >= 15 is 0 Å². The summed E-state index contributed by atoms with van der Waals surface area (Å²) in [5.41, 5.74) is 0.946. The Bertz CT molecular complexity index is 855. The lowest BCUT2D eigenvalue weighted by atomic mass is 10.3. The molecule has 0 radical (unpaired) electrons. The van der Waals surface area contributed by atoms with Crippen molar-refractivity contribution in [2.75, 3.05) is 29.1 Å². The van der Waals surface area contributed by atoms with E-state index in [1.807, 2.05) is 12.1 Å². The smallest absolute Gasteiger partial charge is 0.326 e. The predicted molar refractivity (Wildman–Crippen MR) is 102 cm³/mol. The number of carbonyl (C=O) groups excluding carboxylic acids is 1. The van der Waals surface area contributed by atoms with Crippen molar-refractivity contribution < 1.29 is 9.90 Å². The van der Waals surface area contributed by atoms with Crippen molar-refractivity contribution >= 4 is 34.8 Å². The molecule has 9 heteroatoms. The molecule has 0 atom stereocenters. The van der Waals surface area contributed by atoms with Crippen LogP contribution in [0.1, 0.15) is 6.42 Å². The fourth-order valence-corrected chi connectivity index (χ4v) is 2.88. The molecule has 8 nitrogen and oxygen atoms in total. The Morgan fingerprint density at radius 1 is 1.04 bits per heavy atom. The van der Waals surface area contributed by atoms with Gasteiger partial charge in [-0.25, -0.2) is 14.8 Å². The molecule has 2 amide bonds. The summed E-state index contributed by atoms with van der Waals surface area (Å²) in [6.07, 6.45) is 4.02. The van der Waals surface area contributed by atoms with Crippen LogP contribution in [0.3, 0.4) is 0 Å². The molecule has 0 aliphatic carbocycles. The van der Waals surface area contributed by atoms with Crippen LogP contribution >= 0.6 is 11.3 Å². The topological polar surface area (TPSA) is 112 Å². The third-order valence-electron chi connectivity index (χ3n) is 3.30. The van der Waals surface area contributed by atoms with Gasteiger partial charge in [-0.15, -0.1) is 11.3 Å². The van der Waals surface area contributed by atoms with Crippen LogP contribution in [0.5, 0.6) is 0 Å². The molecule has 4 N–H and O–H groups in total. The number of hydrogen-bond donors (Lipinski definition) is 4. The molecule has 0 saturated carbocycles. The maximum absolute atomic E-state index is 12.1. The van der Waals surface area contributed by atoms with Crippen LogP contribution in [-0.4, -0.2) is 39.2 Å². The number of pyridine rings is 2. The highest BCUT2D eigenvalue weighted by Crippen LogP contribution is 2.25. The molecule has 0 unspecified atom stereocenters. The Labute approximate surface area is 154 Å². The van der Waals surface area contributed by atoms with Gasteiger partial charge in [0.05, 0.1) is 0 Å². The number of urea groups is 1. The summed E-state index contributed by atoms with van der Waals surface area (Å²) in [6.45, 7) is 0.720. The van der Waals surface area contributed by atoms with Crippen LogP contribution < -0.4 is 16.0 Å². The molecule has 134 valence electrons. The monoisotopic (exact) mass is 370 g/mol. The minimum Gasteiger partial charge on any atom is -0.396 e. The zero-order valence-electron chi connectivity index (χ0n) is 13.8. The summed E-state index contributed by atoms with van der Waals surface area (Å²) < 4.78 is 0. The van der Waals surface area contributed by atoms with Crippen molar-refractivity contribution in [3.05, 3.63) is 48.1 Å². The van der Waals surface area contributed by atoms with E-state index in [1.54, 1.807) is 36.0 Å². The Morgan fingerprint density at radius 3 is 2.62 bits per heavy atom. The minimum absolute atomic E-state index is 0.114. The van der Waals surface area contributed by atoms with Gasteiger partial charge >= 0.3 is 6.03 Å². The van der Waals surface area contributed by atoms with Gasteiger partial charge in [-0.2, -0.15) is 0 Å². The highest BCUT2D eigenvalue weighted by atomic mass is 32.1. The Kier molecular flexibility index (Phi) is 6.07. The summed E-state index contributed by atoms with van der Waals surface area (Å²) in [6, 6.07) is 8.58. The lowest BCUT2D eigenvalue weighted by Gasteiger charge is -2.08. The maximum atomic E-state index is 12.1. The fourth-order valence-electron chi connectivity index (χ4n) is 2.12. The quantitative estimate of drug-likeness (QED) is 0.476. The molecule has 0 spiro atoms. The van der Waals surface area contributed by atoms with Crippen LogP contribution in [0.4, 0.5) is 22.2 Å². The lowest BCUT2D eigenvalue weighted by molar-refractivity contribution is 0.262. The van der Waals surface area contributed by atoms with Gasteiger partial charge < -0.3 is 10.4 Å². The second-order valence-electron chi connectivity index (χ2n) is 5.26. The maximum Gasteiger partial charge on any atom is 0.326 e. The summed E-state index contributed by atoms with van der Waals surface area (Å²) in [5.74, 6) is 1.52. The van der Waals surface area contributed by atoms with E-state index in [9.17, 15) is 4.79 Å². The number of hydrogen-bond acceptors (Lipinski definition) is 7. The van der Waals surface area contributed by atoms with E-state index in [2.05, 4.69) is 30.9 Å². The number of carbonyl (C=O) groups is 1. The molecule has 26 heavy (non-hydrogen) atoms. The first-order chi connectivity index (χ1) is 12.7. The van der Waals surface area contributed by atoms with Crippen molar-refractivity contribution in [3.8, 4) is 10.6 Å². The summed E-state index contributed by atoms with van der Waals surface area (Å²) in [5, 5.41) is 19.8. The van der Waals surface area contributed by atoms with Gasteiger partial charge in [0.1, 0.15) is 22.5 Å². The van der Waals surface area contributed by atoms with Gasteiger partial charge in [0.2, 0.25) is 0 Å². The van der Waals surface area contributed by atoms with Crippen molar-refractivity contribution in [2.45, 2.75) is 6.42 Å². The highest BCUT2D eigenvalue weighted by Gasteiger charge is 2.09. The van der Waals surface area contributed by atoms with Gasteiger partial charge in [0, 0.05) is 36.5 Å². The van der Waals surface area contributed by atoms with E-state index < -0.39 is 6.03 Å². The largest absolute Gasteiger partial charge is 0.396 e. The zero-order valence-corrected chi connectivity index (χ0v) is 14.7. The molecule has 0 aliphatic rings. The molecule has 0 aliphatic heterocycles. The molecule has 0 aromatic carbocycles. The molecular formula is C17H18N6O2S. The van der Waals surface area contributed by atoms with Crippen molar-refractivity contribution in [2.24, 2.45) is 0 Å². The standard InChI is InChI=1S/C17H18N6O2S/c24-10-2-7-19-13-3-1-4-14(20-13)22-17(25)23-15-11-26-16(21-15)12-5-8-18-9-6-12/h1,3-6,8-9,11,24H,2,7,10H2,(H3,19,20,22,23,25). The van der Waals surface area contributed by atoms with E-state index in [-0.39, 0.29) is 6.61 Å². The van der Waals surface area contributed by atoms with Crippen molar-refractivity contribution in [1.29, 1.82) is 0 Å². The minimum atomic E-state index is -0.420. The number of aliphatic hydroxyl groups is 1. The number of rotatable bonds is 7. The van der Waals surface area contributed by atoms with E-state index in [1.165, 1.54) is 11.3 Å². The number of nitrogens with one attached hydrogen (secondary N) is 3. The van der Waals surface area contributed by atoms with Crippen molar-refractivity contribution in [1.82, 2.24) is 15.0 Å². The van der Waals surface area contributed by atoms with Crippen LogP contribution in [-0.2, 0) is 0 Å². The second kappa shape index (κ2) is 8.88. The zero-order chi connectivity index (χ0) is 18.2. The second-order valence-corrected chi connectivity index (χ2v) is 6.12. The van der Waals surface area contributed by atoms with Crippen molar-refractivity contribution in [3.63, 3.8) is 0 Å². The normalized spacial score (nSPS) is 10.3. The van der Waals surface area contributed by atoms with Gasteiger partial charge in [0.15, 0.2) is 0 Å². The van der Waals surface area contributed by atoms with Crippen LogP contribution in [0.15, 0.2) is 48.1 Å². The first-order valence-corrected chi connectivity index (χ1v) is 8.88. The Balaban J connectivity index is 1.57. The third kappa shape index (κ3) is 4.98. The number of aromatic nitrogens is 3. The van der Waals surface area contributed by atoms with Gasteiger partial charge in [-0.1, -0.05) is 6.07 Å². The Morgan fingerprint density at radius 2 is 1.81 bits per heavy atom. The van der Waals surface area contributed by atoms with Gasteiger partial charge in [0.25, 0.3) is 0 Å². The third-order valence-corrected chi connectivity index (χ3v) is 4.20. The molecule has 0 fully saturated rings. The molecule has 3 heterocycles. The molecule has 0 saturated heterocycles. The molecule has 3 aromatic rings. The number of amides is 2. The van der Waals surface area contributed by atoms with E-state index in [0.717, 1.165) is 10.6 Å².